The lowest BCUT2D eigenvalue weighted by atomic mass is 10.00. The molecule has 1 aromatic heterocycles. The first-order valence-corrected chi connectivity index (χ1v) is 17.3. The van der Waals surface area contributed by atoms with Gasteiger partial charge >= 0.3 is 6.18 Å². The molecule has 6 nitrogen and oxygen atoms in total. The van der Waals surface area contributed by atoms with E-state index in [4.69, 9.17) is 13.0 Å². The molecule has 1 saturated heterocycles. The second-order valence-corrected chi connectivity index (χ2v) is 13.0. The molecule has 12 heteroatoms. The van der Waals surface area contributed by atoms with Crippen LogP contribution in [-0.2, 0) is 34.4 Å². The molecule has 4 aromatic carbocycles. The molecule has 0 atom stereocenters. The molecular weight excluding hydrogens is 710 g/mol. The summed E-state index contributed by atoms with van der Waals surface area (Å²) in [6.07, 6.45) is -4.41. The highest BCUT2D eigenvalue weighted by atomic mass is 32.2. The van der Waals surface area contributed by atoms with Crippen molar-refractivity contribution < 1.29 is 45.2 Å². The molecule has 0 bridgehead atoms. The number of hydrogen-bond donors (Lipinski definition) is 0. The third kappa shape index (κ3) is 9.17. The lowest BCUT2D eigenvalue weighted by Crippen LogP contribution is -2.48. The fraction of sp³-hybridized carbons (Fsp3) is 0.317. The Bertz CT molecular complexity index is 2610. The molecule has 1 aliphatic heterocycles. The predicted octanol–water partition coefficient (Wildman–Crippen LogP) is 8.71. The van der Waals surface area contributed by atoms with Crippen LogP contribution in [0.5, 0.6) is 0 Å². The Kier molecular flexibility index (Phi) is 8.52. The maximum atomic E-state index is 15.3. The standard InChI is InChI=1S/C41H40F5N3O3S/c1-27-6-15-36-34(22-27)37(50)23-39(53-26-31-4-3-5-35(42)40(31)43)49(36)25-38(51)48(33-16-18-47(19-17-33)20-21-52-2)24-28-7-9-29(10-8-28)30-11-13-32(14-12-30)41(44,45)46/h3-15,22-23,33H,16-21,24-26H2,1-2H3/i6D,15D,22D,23D,24D2,25D2,26D2. The zero-order valence-electron chi connectivity index (χ0n) is 38.5. The number of nitrogens with zero attached hydrogens (tertiary/aromatic N) is 3. The van der Waals surface area contributed by atoms with E-state index in [1.54, 1.807) is 0 Å². The van der Waals surface area contributed by atoms with Crippen molar-refractivity contribution in [2.75, 3.05) is 33.4 Å². The molecule has 0 aliphatic carbocycles. The Morgan fingerprint density at radius 2 is 1.68 bits per heavy atom. The van der Waals surface area contributed by atoms with Gasteiger partial charge < -0.3 is 19.1 Å². The molecule has 0 N–H and O–H groups in total. The van der Waals surface area contributed by atoms with Crippen molar-refractivity contribution >= 4 is 28.6 Å². The largest absolute Gasteiger partial charge is 0.416 e. The summed E-state index contributed by atoms with van der Waals surface area (Å²) in [4.78, 5) is 31.8. The van der Waals surface area contributed by atoms with E-state index in [1.165, 1.54) is 50.4 Å². The number of benzene rings is 4. The second-order valence-electron chi connectivity index (χ2n) is 12.2. The summed E-state index contributed by atoms with van der Waals surface area (Å²) >= 11 is -0.155. The minimum Gasteiger partial charge on any atom is -0.383 e. The van der Waals surface area contributed by atoms with Crippen LogP contribution in [0.4, 0.5) is 22.0 Å². The minimum absolute atomic E-state index is 0.0862. The SMILES string of the molecule is [2H]c1c(C)c([2H])c2c(=O)c([2H])c(SC([2H])([2H])c3cccc(F)c3F)n(C([2H])([2H])C(=O)N(C3CCN(CCOC)CC3)C([2H])([2H])c3ccc(-c4ccc(C(F)(F)F)cc4)cc3)c2c1[2H]. The van der Waals surface area contributed by atoms with Gasteiger partial charge in [0.25, 0.3) is 0 Å². The first kappa shape index (κ1) is 27.1. The first-order valence-electron chi connectivity index (χ1n) is 21.5. The fourth-order valence-electron chi connectivity index (χ4n) is 5.81. The second kappa shape index (κ2) is 16.7. The van der Waals surface area contributed by atoms with Crippen molar-refractivity contribution in [2.45, 2.75) is 55.7 Å². The minimum atomic E-state index is -4.58. The summed E-state index contributed by atoms with van der Waals surface area (Å²) in [6, 6.07) is 7.67. The highest BCUT2D eigenvalue weighted by Crippen LogP contribution is 2.32. The lowest BCUT2D eigenvalue weighted by Gasteiger charge is -2.39. The Balaban J connectivity index is 1.55. The lowest BCUT2D eigenvalue weighted by molar-refractivity contribution is -0.137. The maximum Gasteiger partial charge on any atom is 0.416 e. The summed E-state index contributed by atoms with van der Waals surface area (Å²) in [6.45, 7) is -3.90. The Morgan fingerprint density at radius 1 is 1.00 bits per heavy atom. The third-order valence-electron chi connectivity index (χ3n) is 8.64. The third-order valence-corrected chi connectivity index (χ3v) is 9.44. The number of fused-ring (bicyclic) bond motifs is 1. The predicted molar refractivity (Wildman–Crippen MR) is 198 cm³/mol. The number of alkyl halides is 3. The summed E-state index contributed by atoms with van der Waals surface area (Å²) in [7, 11) is 1.51. The van der Waals surface area contributed by atoms with Crippen LogP contribution in [0.2, 0.25) is 0 Å². The van der Waals surface area contributed by atoms with Gasteiger partial charge in [-0.15, -0.1) is 11.8 Å². The summed E-state index contributed by atoms with van der Waals surface area (Å²) in [5, 5.41) is -1.77. The average Bonchev–Trinajstić information content (AvgIpc) is 3.23. The Labute approximate surface area is 323 Å². The summed E-state index contributed by atoms with van der Waals surface area (Å²) in [5.74, 6) is -4.74. The van der Waals surface area contributed by atoms with Crippen molar-refractivity contribution in [2.24, 2.45) is 0 Å². The zero-order valence-corrected chi connectivity index (χ0v) is 29.4. The molecule has 5 aromatic rings. The van der Waals surface area contributed by atoms with Gasteiger partial charge in [0.1, 0.15) is 6.50 Å². The molecule has 2 heterocycles. The normalized spacial score (nSPS) is 17.7. The van der Waals surface area contributed by atoms with Crippen LogP contribution in [-0.4, -0.2) is 59.7 Å². The van der Waals surface area contributed by atoms with Crippen molar-refractivity contribution in [3.05, 3.63) is 135 Å². The number of aromatic nitrogens is 1. The van der Waals surface area contributed by atoms with Gasteiger partial charge in [-0.1, -0.05) is 60.1 Å². The van der Waals surface area contributed by atoms with E-state index < -0.39 is 105 Å². The quantitative estimate of drug-likeness (QED) is 0.0942. The number of piperidine rings is 1. The van der Waals surface area contributed by atoms with E-state index in [1.807, 2.05) is 4.90 Å². The number of amides is 1. The molecular formula is C41H40F5N3O3S. The number of pyridine rings is 1. The van der Waals surface area contributed by atoms with Crippen LogP contribution in [0, 0.1) is 18.6 Å². The molecule has 0 radical (unpaired) electrons. The number of carbonyl (C=O) groups is 1. The van der Waals surface area contributed by atoms with Crippen LogP contribution in [0.1, 0.15) is 48.8 Å². The number of thioether (sulfide) groups is 1. The van der Waals surface area contributed by atoms with Gasteiger partial charge in [-0.05, 0) is 66.7 Å². The first-order chi connectivity index (χ1) is 29.4. The summed E-state index contributed by atoms with van der Waals surface area (Å²) in [5.41, 5.74) is -6.77. The number of halogens is 5. The van der Waals surface area contributed by atoms with Gasteiger partial charge in [0, 0.05) is 64.7 Å². The number of likely N-dealkylation sites (tertiary alicyclic amines) is 1. The van der Waals surface area contributed by atoms with E-state index in [0.717, 1.165) is 24.3 Å². The Hall–Kier alpha value is -4.52. The van der Waals surface area contributed by atoms with Crippen LogP contribution < -0.4 is 5.43 Å². The molecule has 53 heavy (non-hydrogen) atoms. The maximum absolute atomic E-state index is 15.3. The van der Waals surface area contributed by atoms with Crippen LogP contribution >= 0.6 is 11.8 Å². The number of methoxy groups -OCH3 is 1. The molecule has 0 unspecified atom stereocenters. The average molecular weight is 760 g/mol. The van der Waals surface area contributed by atoms with E-state index in [0.29, 0.717) is 52.9 Å². The van der Waals surface area contributed by atoms with Gasteiger partial charge in [-0.3, -0.25) is 9.59 Å². The van der Waals surface area contributed by atoms with Crippen molar-refractivity contribution in [1.82, 2.24) is 14.4 Å². The summed E-state index contributed by atoms with van der Waals surface area (Å²) < 4.78 is 166. The zero-order chi connectivity index (χ0) is 46.6. The topological polar surface area (TPSA) is 54.8 Å². The van der Waals surface area contributed by atoms with Gasteiger partial charge in [-0.2, -0.15) is 13.2 Å². The number of carbonyl (C=O) groups excluding carboxylic acids is 1. The smallest absolute Gasteiger partial charge is 0.383 e. The van der Waals surface area contributed by atoms with Crippen LogP contribution in [0.3, 0.4) is 0 Å². The van der Waals surface area contributed by atoms with Gasteiger partial charge in [0.2, 0.25) is 5.91 Å². The van der Waals surface area contributed by atoms with E-state index >= 15 is 9.18 Å². The number of hydrogen-bond acceptors (Lipinski definition) is 5. The highest BCUT2D eigenvalue weighted by molar-refractivity contribution is 7.98. The van der Waals surface area contributed by atoms with E-state index in [-0.39, 0.29) is 35.7 Å². The van der Waals surface area contributed by atoms with Crippen molar-refractivity contribution in [1.29, 1.82) is 0 Å². The monoisotopic (exact) mass is 759 g/mol. The van der Waals surface area contributed by atoms with Gasteiger partial charge in [-0.25, -0.2) is 8.78 Å². The van der Waals surface area contributed by atoms with E-state index in [2.05, 4.69) is 0 Å². The van der Waals surface area contributed by atoms with Crippen LogP contribution in [0.15, 0.2) is 101 Å². The molecule has 1 fully saturated rings. The highest BCUT2D eigenvalue weighted by Gasteiger charge is 2.31. The molecule has 6 rings (SSSR count). The Morgan fingerprint density at radius 3 is 2.34 bits per heavy atom. The van der Waals surface area contributed by atoms with E-state index in [9.17, 15) is 27.8 Å². The van der Waals surface area contributed by atoms with Gasteiger partial charge in [0.15, 0.2) is 17.1 Å². The molecule has 1 aliphatic rings. The molecule has 0 spiro atoms. The molecule has 0 saturated carbocycles. The van der Waals surface area contributed by atoms with Crippen molar-refractivity contribution in [3.8, 4) is 11.1 Å². The van der Waals surface area contributed by atoms with Gasteiger partial charge in [0.05, 0.1) is 33.7 Å². The fourth-order valence-corrected chi connectivity index (χ4v) is 6.55. The molecule has 278 valence electrons. The van der Waals surface area contributed by atoms with Crippen molar-refractivity contribution in [3.63, 3.8) is 0 Å². The number of rotatable bonds is 12. The number of ether oxygens (including phenoxy) is 1. The molecule has 1 amide bonds. The van der Waals surface area contributed by atoms with Crippen LogP contribution in [0.25, 0.3) is 22.0 Å².